The maximum Gasteiger partial charge on any atom is 0.153 e. The first-order chi connectivity index (χ1) is 6.36. The minimum Gasteiger partial charge on any atom is -0.368 e. The van der Waals surface area contributed by atoms with Gasteiger partial charge in [-0.2, -0.15) is 5.10 Å². The molecule has 4 nitrogen and oxygen atoms in total. The van der Waals surface area contributed by atoms with E-state index in [1.165, 1.54) is 0 Å². The zero-order valence-corrected chi connectivity index (χ0v) is 7.96. The lowest BCUT2D eigenvalue weighted by Gasteiger charge is -2.28. The highest BCUT2D eigenvalue weighted by Gasteiger charge is 2.10. The molecule has 1 aliphatic heterocycles. The first-order valence-corrected chi connectivity index (χ1v) is 4.68. The Hall–Kier alpha value is -0.870. The molecule has 1 saturated heterocycles. The minimum absolute atomic E-state index is 0.455. The van der Waals surface area contributed by atoms with Crippen LogP contribution in [-0.4, -0.2) is 36.4 Å². The fourth-order valence-electron chi connectivity index (χ4n) is 1.43. The van der Waals surface area contributed by atoms with Crippen LogP contribution < -0.4 is 10.2 Å². The number of hydrogen-bond donors (Lipinski definition) is 1. The first kappa shape index (κ1) is 8.72. The van der Waals surface area contributed by atoms with Gasteiger partial charge in [-0.15, -0.1) is 5.10 Å². The van der Waals surface area contributed by atoms with Crippen molar-refractivity contribution in [3.05, 3.63) is 17.4 Å². The molecule has 1 N–H and O–H groups in total. The molecule has 13 heavy (non-hydrogen) atoms. The predicted octanol–water partition coefficient (Wildman–Crippen LogP) is 0.540. The van der Waals surface area contributed by atoms with E-state index in [0.717, 1.165) is 31.9 Å². The quantitative estimate of drug-likeness (QED) is 0.715. The second-order valence-electron chi connectivity index (χ2n) is 2.97. The van der Waals surface area contributed by atoms with Crippen LogP contribution in [0.5, 0.6) is 0 Å². The molecule has 0 amide bonds. The van der Waals surface area contributed by atoms with E-state index in [1.54, 1.807) is 6.20 Å². The van der Waals surface area contributed by atoms with Crippen LogP contribution >= 0.6 is 11.6 Å². The van der Waals surface area contributed by atoms with Gasteiger partial charge in [0.2, 0.25) is 0 Å². The Balaban J connectivity index is 2.14. The normalized spacial score (nSPS) is 17.5. The van der Waals surface area contributed by atoms with Gasteiger partial charge in [-0.05, 0) is 0 Å². The molecule has 0 aliphatic carbocycles. The third-order valence-corrected chi connectivity index (χ3v) is 2.28. The Kier molecular flexibility index (Phi) is 2.61. The lowest BCUT2D eigenvalue weighted by Crippen LogP contribution is -2.43. The molecule has 0 atom stereocenters. The second kappa shape index (κ2) is 3.89. The van der Waals surface area contributed by atoms with Crippen molar-refractivity contribution in [3.63, 3.8) is 0 Å². The Labute approximate surface area is 81.9 Å². The number of anilines is 1. The summed E-state index contributed by atoms with van der Waals surface area (Å²) in [6, 6.07) is 1.85. The van der Waals surface area contributed by atoms with Crippen molar-refractivity contribution in [2.45, 2.75) is 0 Å². The first-order valence-electron chi connectivity index (χ1n) is 4.30. The van der Waals surface area contributed by atoms with Crippen LogP contribution in [0.3, 0.4) is 0 Å². The maximum absolute atomic E-state index is 5.75. The molecule has 1 aliphatic rings. The summed E-state index contributed by atoms with van der Waals surface area (Å²) in [6.45, 7) is 4.03. The molecule has 1 aromatic rings. The molecule has 5 heteroatoms. The number of rotatable bonds is 1. The van der Waals surface area contributed by atoms with Gasteiger partial charge in [0.05, 0.1) is 11.9 Å². The fourth-order valence-corrected chi connectivity index (χ4v) is 1.58. The van der Waals surface area contributed by atoms with Gasteiger partial charge in [-0.25, -0.2) is 0 Å². The van der Waals surface area contributed by atoms with Gasteiger partial charge in [-0.3, -0.25) is 0 Å². The molecule has 1 fully saturated rings. The molecule has 0 saturated carbocycles. The highest BCUT2D eigenvalue weighted by atomic mass is 35.5. The summed E-state index contributed by atoms with van der Waals surface area (Å²) in [5.41, 5.74) is 1.06. The Morgan fingerprint density at radius 3 is 2.85 bits per heavy atom. The van der Waals surface area contributed by atoms with E-state index in [0.29, 0.717) is 5.15 Å². The molecular formula is C8H11ClN4. The van der Waals surface area contributed by atoms with Gasteiger partial charge in [0, 0.05) is 32.2 Å². The SMILES string of the molecule is Clc1cc(N2CCNCC2)cnn1. The Bertz CT molecular complexity index is 285. The van der Waals surface area contributed by atoms with E-state index in [1.807, 2.05) is 6.07 Å². The number of nitrogens with one attached hydrogen (secondary N) is 1. The fraction of sp³-hybridized carbons (Fsp3) is 0.500. The second-order valence-corrected chi connectivity index (χ2v) is 3.36. The van der Waals surface area contributed by atoms with Crippen molar-refractivity contribution in [1.82, 2.24) is 15.5 Å². The van der Waals surface area contributed by atoms with E-state index in [2.05, 4.69) is 20.4 Å². The number of aromatic nitrogens is 2. The molecule has 0 spiro atoms. The maximum atomic E-state index is 5.75. The van der Waals surface area contributed by atoms with Crippen molar-refractivity contribution in [1.29, 1.82) is 0 Å². The largest absolute Gasteiger partial charge is 0.368 e. The molecule has 0 unspecified atom stereocenters. The van der Waals surface area contributed by atoms with Gasteiger partial charge >= 0.3 is 0 Å². The van der Waals surface area contributed by atoms with Crippen LogP contribution in [0.1, 0.15) is 0 Å². The molecule has 70 valence electrons. The van der Waals surface area contributed by atoms with Crippen LogP contribution in [0.4, 0.5) is 5.69 Å². The van der Waals surface area contributed by atoms with Crippen molar-refractivity contribution in [2.75, 3.05) is 31.1 Å². The van der Waals surface area contributed by atoms with Crippen molar-refractivity contribution in [3.8, 4) is 0 Å². The smallest absolute Gasteiger partial charge is 0.153 e. The zero-order chi connectivity index (χ0) is 9.10. The van der Waals surface area contributed by atoms with Crippen LogP contribution in [0, 0.1) is 0 Å². The zero-order valence-electron chi connectivity index (χ0n) is 7.20. The van der Waals surface area contributed by atoms with E-state index >= 15 is 0 Å². The molecule has 1 aromatic heterocycles. The Morgan fingerprint density at radius 1 is 1.38 bits per heavy atom. The van der Waals surface area contributed by atoms with Crippen molar-refractivity contribution >= 4 is 17.3 Å². The van der Waals surface area contributed by atoms with Crippen molar-refractivity contribution < 1.29 is 0 Å². The summed E-state index contributed by atoms with van der Waals surface area (Å²) in [4.78, 5) is 2.25. The van der Waals surface area contributed by atoms with Crippen LogP contribution in [0.25, 0.3) is 0 Å². The molecule has 0 bridgehead atoms. The lowest BCUT2D eigenvalue weighted by atomic mass is 10.3. The predicted molar refractivity (Wildman–Crippen MR) is 52.1 cm³/mol. The molecule has 0 radical (unpaired) electrons. The van der Waals surface area contributed by atoms with E-state index < -0.39 is 0 Å². The number of nitrogens with zero attached hydrogens (tertiary/aromatic N) is 3. The van der Waals surface area contributed by atoms with Crippen molar-refractivity contribution in [2.24, 2.45) is 0 Å². The minimum atomic E-state index is 0.455. The summed E-state index contributed by atoms with van der Waals surface area (Å²) in [6.07, 6.45) is 1.75. The third-order valence-electron chi connectivity index (χ3n) is 2.09. The van der Waals surface area contributed by atoms with Gasteiger partial charge < -0.3 is 10.2 Å². The van der Waals surface area contributed by atoms with E-state index in [-0.39, 0.29) is 0 Å². The lowest BCUT2D eigenvalue weighted by molar-refractivity contribution is 0.588. The monoisotopic (exact) mass is 198 g/mol. The summed E-state index contributed by atoms with van der Waals surface area (Å²) in [5.74, 6) is 0. The highest BCUT2D eigenvalue weighted by molar-refractivity contribution is 6.29. The highest BCUT2D eigenvalue weighted by Crippen LogP contribution is 2.15. The molecule has 0 aromatic carbocycles. The Morgan fingerprint density at radius 2 is 2.15 bits per heavy atom. The van der Waals surface area contributed by atoms with Gasteiger partial charge in [-0.1, -0.05) is 11.6 Å². The number of halogens is 1. The molecular weight excluding hydrogens is 188 g/mol. The number of hydrogen-bond acceptors (Lipinski definition) is 4. The molecule has 2 heterocycles. The molecule has 2 rings (SSSR count). The summed E-state index contributed by atoms with van der Waals surface area (Å²) in [5, 5.41) is 11.3. The standard InChI is InChI=1S/C8H11ClN4/c9-8-5-7(6-11-12-8)13-3-1-10-2-4-13/h5-6,10H,1-4H2. The van der Waals surface area contributed by atoms with Crippen LogP contribution in [0.15, 0.2) is 12.3 Å². The van der Waals surface area contributed by atoms with E-state index in [4.69, 9.17) is 11.6 Å². The van der Waals surface area contributed by atoms with Crippen LogP contribution in [0.2, 0.25) is 5.15 Å². The average Bonchev–Trinajstić information content (AvgIpc) is 2.19. The van der Waals surface area contributed by atoms with Gasteiger partial charge in [0.15, 0.2) is 5.15 Å². The van der Waals surface area contributed by atoms with Gasteiger partial charge in [0.1, 0.15) is 0 Å². The van der Waals surface area contributed by atoms with Crippen LogP contribution in [-0.2, 0) is 0 Å². The van der Waals surface area contributed by atoms with Gasteiger partial charge in [0.25, 0.3) is 0 Å². The van der Waals surface area contributed by atoms with E-state index in [9.17, 15) is 0 Å². The summed E-state index contributed by atoms with van der Waals surface area (Å²) >= 11 is 5.75. The summed E-state index contributed by atoms with van der Waals surface area (Å²) < 4.78 is 0. The number of piperazine rings is 1. The average molecular weight is 199 g/mol. The summed E-state index contributed by atoms with van der Waals surface area (Å²) in [7, 11) is 0. The topological polar surface area (TPSA) is 41.0 Å². The third kappa shape index (κ3) is 2.08.